The van der Waals surface area contributed by atoms with Crippen LogP contribution in [0.1, 0.15) is 50.8 Å². The van der Waals surface area contributed by atoms with Gasteiger partial charge in [0.05, 0.1) is 32.4 Å². The molecule has 0 radical (unpaired) electrons. The molecule has 1 heterocycles. The number of methoxy groups -OCH3 is 2. The van der Waals surface area contributed by atoms with Gasteiger partial charge in [0, 0.05) is 18.7 Å². The molecule has 0 aliphatic carbocycles. The minimum absolute atomic E-state index is 0.0412. The Hall–Kier alpha value is -3.52. The lowest BCUT2D eigenvalue weighted by atomic mass is 9.95. The molecule has 3 rings (SSSR count). The van der Waals surface area contributed by atoms with Gasteiger partial charge in [-0.25, -0.2) is 0 Å². The molecule has 0 spiro atoms. The van der Waals surface area contributed by atoms with Crippen LogP contribution in [0.5, 0.6) is 17.2 Å². The highest BCUT2D eigenvalue weighted by atomic mass is 16.5. The highest BCUT2D eigenvalue weighted by molar-refractivity contribution is 6.46. The summed E-state index contributed by atoms with van der Waals surface area (Å²) in [6.07, 6.45) is 1.92. The maximum absolute atomic E-state index is 13.3. The van der Waals surface area contributed by atoms with E-state index >= 15 is 0 Å². The Morgan fingerprint density at radius 1 is 1.00 bits per heavy atom. The Bertz CT molecular complexity index is 1130. The maximum atomic E-state index is 13.3. The molecule has 0 bridgehead atoms. The van der Waals surface area contributed by atoms with Crippen LogP contribution in [0.25, 0.3) is 5.76 Å². The van der Waals surface area contributed by atoms with Gasteiger partial charge in [0.2, 0.25) is 0 Å². The van der Waals surface area contributed by atoms with E-state index in [-0.39, 0.29) is 11.3 Å². The first-order valence-corrected chi connectivity index (χ1v) is 12.9. The Kier molecular flexibility index (Phi) is 9.97. The Balaban J connectivity index is 2.11. The summed E-state index contributed by atoms with van der Waals surface area (Å²) in [6, 6.07) is 11.4. The van der Waals surface area contributed by atoms with E-state index in [1.807, 2.05) is 6.07 Å². The van der Waals surface area contributed by atoms with Crippen molar-refractivity contribution in [1.82, 2.24) is 9.80 Å². The van der Waals surface area contributed by atoms with Crippen molar-refractivity contribution in [3.63, 3.8) is 0 Å². The van der Waals surface area contributed by atoms with Gasteiger partial charge in [0.25, 0.3) is 11.7 Å². The number of aliphatic hydroxyl groups is 1. The Morgan fingerprint density at radius 3 is 2.41 bits per heavy atom. The molecule has 8 nitrogen and oxygen atoms in total. The summed E-state index contributed by atoms with van der Waals surface area (Å²) in [5.41, 5.74) is 1.10. The largest absolute Gasteiger partial charge is 0.507 e. The zero-order chi connectivity index (χ0) is 26.9. The fraction of sp³-hybridized carbons (Fsp3) is 0.448. The van der Waals surface area contributed by atoms with Gasteiger partial charge in [-0.3, -0.25) is 9.59 Å². The molecule has 1 unspecified atom stereocenters. The van der Waals surface area contributed by atoms with Gasteiger partial charge >= 0.3 is 0 Å². The number of likely N-dealkylation sites (N-methyl/N-ethyl adjacent to an activating group) is 1. The average Bonchev–Trinajstić information content (AvgIpc) is 3.18. The van der Waals surface area contributed by atoms with Crippen LogP contribution in [0.4, 0.5) is 0 Å². The predicted molar refractivity (Wildman–Crippen MR) is 143 cm³/mol. The van der Waals surface area contributed by atoms with E-state index in [0.29, 0.717) is 48.1 Å². The van der Waals surface area contributed by atoms with E-state index in [1.165, 1.54) is 7.11 Å². The van der Waals surface area contributed by atoms with Crippen LogP contribution in [0.2, 0.25) is 0 Å². The molecule has 2 aromatic carbocycles. The standard InChI is InChI=1S/C29H38N2O6/c1-6-9-17-37-23-14-13-20(19-24(23)36-5)26-25(27(32)21-11-10-12-22(18-21)35-4)28(33)29(34)31(26)16-15-30(7-2)8-3/h10-14,18-19,26,32H,6-9,15-17H2,1-5H3/b27-25+. The van der Waals surface area contributed by atoms with Crippen LogP contribution < -0.4 is 14.2 Å². The third-order valence-electron chi connectivity index (χ3n) is 6.69. The summed E-state index contributed by atoms with van der Waals surface area (Å²) in [5.74, 6) is 0.0364. The number of ketones is 1. The number of rotatable bonds is 13. The maximum Gasteiger partial charge on any atom is 0.295 e. The van der Waals surface area contributed by atoms with Gasteiger partial charge in [0.15, 0.2) is 11.5 Å². The number of Topliss-reactive ketones (excluding diaryl/α,β-unsaturated/α-hetero) is 1. The second-order valence-electron chi connectivity index (χ2n) is 8.86. The molecule has 8 heteroatoms. The number of amides is 1. The van der Waals surface area contributed by atoms with Crippen LogP contribution in [0.15, 0.2) is 48.0 Å². The van der Waals surface area contributed by atoms with Crippen LogP contribution in [-0.4, -0.2) is 73.6 Å². The molecular weight excluding hydrogens is 472 g/mol. The lowest BCUT2D eigenvalue weighted by Gasteiger charge is -2.28. The van der Waals surface area contributed by atoms with Crippen LogP contribution in [0, 0.1) is 0 Å². The van der Waals surface area contributed by atoms with E-state index in [4.69, 9.17) is 14.2 Å². The minimum Gasteiger partial charge on any atom is -0.507 e. The molecule has 37 heavy (non-hydrogen) atoms. The average molecular weight is 511 g/mol. The van der Waals surface area contributed by atoms with Crippen molar-refractivity contribution in [2.24, 2.45) is 0 Å². The zero-order valence-electron chi connectivity index (χ0n) is 22.5. The number of carbonyl (C=O) groups excluding carboxylic acids is 2. The van der Waals surface area contributed by atoms with E-state index in [9.17, 15) is 14.7 Å². The SMILES string of the molecule is CCCCOc1ccc(C2/C(=C(\O)c3cccc(OC)c3)C(=O)C(=O)N2CCN(CC)CC)cc1OC. The van der Waals surface area contributed by atoms with E-state index in [2.05, 4.69) is 25.7 Å². The van der Waals surface area contributed by atoms with E-state index in [0.717, 1.165) is 25.9 Å². The fourth-order valence-electron chi connectivity index (χ4n) is 4.47. The number of likely N-dealkylation sites (tertiary alicyclic amines) is 1. The highest BCUT2D eigenvalue weighted by Crippen LogP contribution is 2.42. The molecule has 1 N–H and O–H groups in total. The van der Waals surface area contributed by atoms with Crippen LogP contribution in [0.3, 0.4) is 0 Å². The van der Waals surface area contributed by atoms with Crippen molar-refractivity contribution in [2.45, 2.75) is 39.7 Å². The fourth-order valence-corrected chi connectivity index (χ4v) is 4.47. The topological polar surface area (TPSA) is 88.5 Å². The predicted octanol–water partition coefficient (Wildman–Crippen LogP) is 4.65. The number of ether oxygens (including phenoxy) is 3. The Morgan fingerprint density at radius 2 is 1.76 bits per heavy atom. The van der Waals surface area contributed by atoms with Crippen molar-refractivity contribution in [3.8, 4) is 17.2 Å². The number of nitrogens with zero attached hydrogens (tertiary/aromatic N) is 2. The molecule has 1 amide bonds. The summed E-state index contributed by atoms with van der Waals surface area (Å²) in [4.78, 5) is 30.3. The zero-order valence-corrected chi connectivity index (χ0v) is 22.5. The second kappa shape index (κ2) is 13.1. The van der Waals surface area contributed by atoms with Crippen molar-refractivity contribution in [1.29, 1.82) is 0 Å². The van der Waals surface area contributed by atoms with Crippen molar-refractivity contribution in [2.75, 3.05) is 47.0 Å². The van der Waals surface area contributed by atoms with Gasteiger partial charge in [-0.2, -0.15) is 0 Å². The molecule has 0 aromatic heterocycles. The van der Waals surface area contributed by atoms with Crippen molar-refractivity contribution < 1.29 is 28.9 Å². The third-order valence-corrected chi connectivity index (χ3v) is 6.69. The number of hydrogen-bond acceptors (Lipinski definition) is 7. The monoisotopic (exact) mass is 510 g/mol. The van der Waals surface area contributed by atoms with Gasteiger partial charge < -0.3 is 29.1 Å². The van der Waals surface area contributed by atoms with E-state index < -0.39 is 17.7 Å². The molecule has 2 aromatic rings. The molecule has 200 valence electrons. The lowest BCUT2D eigenvalue weighted by molar-refractivity contribution is -0.140. The molecule has 0 saturated carbocycles. The number of hydrogen-bond donors (Lipinski definition) is 1. The number of carbonyl (C=O) groups is 2. The summed E-state index contributed by atoms with van der Waals surface area (Å²) in [7, 11) is 3.08. The summed E-state index contributed by atoms with van der Waals surface area (Å²) >= 11 is 0. The first kappa shape index (κ1) is 28.1. The minimum atomic E-state index is -0.777. The van der Waals surface area contributed by atoms with Crippen LogP contribution in [-0.2, 0) is 9.59 Å². The lowest BCUT2D eigenvalue weighted by Crippen LogP contribution is -2.38. The highest BCUT2D eigenvalue weighted by Gasteiger charge is 2.46. The van der Waals surface area contributed by atoms with Crippen molar-refractivity contribution >= 4 is 17.4 Å². The second-order valence-corrected chi connectivity index (χ2v) is 8.86. The third kappa shape index (κ3) is 6.25. The number of benzene rings is 2. The Labute approximate surface area is 219 Å². The summed E-state index contributed by atoms with van der Waals surface area (Å²) in [6.45, 7) is 9.35. The van der Waals surface area contributed by atoms with Crippen LogP contribution >= 0.6 is 0 Å². The van der Waals surface area contributed by atoms with Gasteiger partial charge in [-0.15, -0.1) is 0 Å². The molecule has 1 atom stereocenters. The summed E-state index contributed by atoms with van der Waals surface area (Å²) in [5, 5.41) is 11.3. The molecular formula is C29H38N2O6. The summed E-state index contributed by atoms with van der Waals surface area (Å²) < 4.78 is 16.8. The quantitative estimate of drug-likeness (QED) is 0.182. The molecule has 1 fully saturated rings. The van der Waals surface area contributed by atoms with Gasteiger partial charge in [-0.1, -0.05) is 45.4 Å². The number of aliphatic hydroxyl groups excluding tert-OH is 1. The first-order valence-electron chi connectivity index (χ1n) is 12.9. The normalized spacial score (nSPS) is 16.9. The molecule has 1 saturated heterocycles. The first-order chi connectivity index (χ1) is 17.9. The van der Waals surface area contributed by atoms with Gasteiger partial charge in [-0.05, 0) is 49.3 Å². The smallest absolute Gasteiger partial charge is 0.295 e. The van der Waals surface area contributed by atoms with Gasteiger partial charge in [0.1, 0.15) is 11.5 Å². The molecule has 1 aliphatic rings. The van der Waals surface area contributed by atoms with Crippen molar-refractivity contribution in [3.05, 3.63) is 59.2 Å². The molecule has 1 aliphatic heterocycles. The number of unbranched alkanes of at least 4 members (excludes halogenated alkanes) is 1. The van der Waals surface area contributed by atoms with E-state index in [1.54, 1.807) is 48.4 Å².